The van der Waals surface area contributed by atoms with Gasteiger partial charge >= 0.3 is 6.18 Å². The first-order chi connectivity index (χ1) is 21.8. The van der Waals surface area contributed by atoms with Gasteiger partial charge in [-0.15, -0.1) is 0 Å². The van der Waals surface area contributed by atoms with E-state index in [4.69, 9.17) is 9.26 Å². The number of halogens is 3. The van der Waals surface area contributed by atoms with Crippen LogP contribution in [0.25, 0.3) is 11.1 Å². The summed E-state index contributed by atoms with van der Waals surface area (Å²) in [6.45, 7) is 6.37. The molecule has 0 saturated heterocycles. The van der Waals surface area contributed by atoms with Crippen molar-refractivity contribution in [3.8, 4) is 16.9 Å². The second-order valence-electron chi connectivity index (χ2n) is 11.4. The summed E-state index contributed by atoms with van der Waals surface area (Å²) in [5.74, 6) is -0.508. The third kappa shape index (κ3) is 7.41. The molecule has 3 heterocycles. The lowest BCUT2D eigenvalue weighted by Gasteiger charge is -2.18. The van der Waals surface area contributed by atoms with Gasteiger partial charge in [0.2, 0.25) is 5.95 Å². The summed E-state index contributed by atoms with van der Waals surface area (Å²) in [6, 6.07) is 8.70. The maximum absolute atomic E-state index is 14.1. The molecular formula is C31H35F3N7O4P. The number of carbonyl (C=O) groups excluding carboxylic acids is 1. The van der Waals surface area contributed by atoms with E-state index in [2.05, 4.69) is 25.7 Å². The van der Waals surface area contributed by atoms with Gasteiger partial charge in [-0.05, 0) is 55.7 Å². The van der Waals surface area contributed by atoms with Gasteiger partial charge in [-0.3, -0.25) is 9.48 Å². The van der Waals surface area contributed by atoms with Crippen molar-refractivity contribution in [3.05, 3.63) is 71.2 Å². The summed E-state index contributed by atoms with van der Waals surface area (Å²) < 4.78 is 55.0. The lowest BCUT2D eigenvalue weighted by Crippen LogP contribution is -2.26. The molecule has 0 radical (unpaired) electrons. The van der Waals surface area contributed by atoms with Gasteiger partial charge < -0.3 is 29.9 Å². The maximum atomic E-state index is 14.1. The Bertz CT molecular complexity index is 1740. The first kappa shape index (κ1) is 33.1. The minimum absolute atomic E-state index is 0.103. The van der Waals surface area contributed by atoms with Gasteiger partial charge in [0.1, 0.15) is 17.1 Å². The summed E-state index contributed by atoms with van der Waals surface area (Å²) in [6.07, 6.45) is -0.00726. The van der Waals surface area contributed by atoms with Gasteiger partial charge in [-0.25, -0.2) is 4.98 Å². The van der Waals surface area contributed by atoms with E-state index in [1.807, 2.05) is 19.1 Å². The van der Waals surface area contributed by atoms with E-state index >= 15 is 0 Å². The zero-order chi connectivity index (χ0) is 33.2. The molecule has 11 nitrogen and oxygen atoms in total. The smallest absolute Gasteiger partial charge is 0.421 e. The van der Waals surface area contributed by atoms with Crippen molar-refractivity contribution in [3.63, 3.8) is 0 Å². The van der Waals surface area contributed by atoms with E-state index in [-0.39, 0.29) is 45.0 Å². The highest BCUT2D eigenvalue weighted by atomic mass is 31.1. The molecule has 1 aliphatic heterocycles. The Balaban J connectivity index is 1.49. The van der Waals surface area contributed by atoms with Crippen LogP contribution in [-0.4, -0.2) is 62.0 Å². The van der Waals surface area contributed by atoms with Crippen LogP contribution in [0, 0.1) is 0 Å². The molecule has 1 atom stereocenters. The summed E-state index contributed by atoms with van der Waals surface area (Å²) in [5.41, 5.74) is 1.81. The topological polar surface area (TPSA) is 127 Å². The van der Waals surface area contributed by atoms with Crippen LogP contribution in [-0.2, 0) is 30.0 Å². The van der Waals surface area contributed by atoms with Gasteiger partial charge in [0, 0.05) is 53.1 Å². The molecule has 0 fully saturated rings. The quantitative estimate of drug-likeness (QED) is 0.118. The number of hydrogen-bond acceptors (Lipinski definition) is 9. The molecule has 2 aromatic carbocycles. The molecule has 1 aliphatic rings. The van der Waals surface area contributed by atoms with E-state index < -0.39 is 23.2 Å². The van der Waals surface area contributed by atoms with Crippen molar-refractivity contribution in [1.82, 2.24) is 24.6 Å². The summed E-state index contributed by atoms with van der Waals surface area (Å²) in [4.78, 5) is 22.9. The molecule has 0 aliphatic carbocycles. The van der Waals surface area contributed by atoms with Crippen LogP contribution < -0.4 is 15.4 Å². The molecular weight excluding hydrogens is 622 g/mol. The zero-order valence-corrected chi connectivity index (χ0v) is 27.0. The summed E-state index contributed by atoms with van der Waals surface area (Å²) in [7, 11) is 3.40. The summed E-state index contributed by atoms with van der Waals surface area (Å²) >= 11 is 0. The molecule has 1 amide bonds. The van der Waals surface area contributed by atoms with Gasteiger partial charge in [0.15, 0.2) is 0 Å². The number of aromatic nitrogens is 4. The fourth-order valence-electron chi connectivity index (χ4n) is 5.09. The monoisotopic (exact) mass is 657 g/mol. The molecule has 1 unspecified atom stereocenters. The SMILES string of the molecule is CCOPCc1ccc(Nc2ncc(C(F)(F)F)c(Nc3ccc(-c4cnn(CC(C)(C)O)c4)c4c3C(=O)N(C)C4)n2)c(OC)c1. The van der Waals surface area contributed by atoms with Crippen molar-refractivity contribution in [2.24, 2.45) is 0 Å². The first-order valence-corrected chi connectivity index (χ1v) is 15.5. The molecule has 0 saturated carbocycles. The number of fused-ring (bicyclic) bond motifs is 1. The molecule has 0 spiro atoms. The summed E-state index contributed by atoms with van der Waals surface area (Å²) in [5, 5.41) is 20.2. The van der Waals surface area contributed by atoms with Crippen molar-refractivity contribution in [2.75, 3.05) is 31.4 Å². The average Bonchev–Trinajstić information content (AvgIpc) is 3.56. The number of ether oxygens (including phenoxy) is 1. The fraction of sp³-hybridized carbons (Fsp3) is 0.355. The van der Waals surface area contributed by atoms with Gasteiger partial charge in [0.05, 0.1) is 42.4 Å². The van der Waals surface area contributed by atoms with Crippen molar-refractivity contribution in [2.45, 2.75) is 51.8 Å². The number of aliphatic hydroxyl groups is 1. The molecule has 3 N–H and O–H groups in total. The van der Waals surface area contributed by atoms with Gasteiger partial charge in [-0.1, -0.05) is 12.1 Å². The maximum Gasteiger partial charge on any atom is 0.421 e. The number of carbonyl (C=O) groups is 1. The predicted octanol–water partition coefficient (Wildman–Crippen LogP) is 6.34. The zero-order valence-electron chi connectivity index (χ0n) is 26.0. The fourth-order valence-corrected chi connectivity index (χ4v) is 5.79. The first-order valence-electron chi connectivity index (χ1n) is 14.4. The highest BCUT2D eigenvalue weighted by Gasteiger charge is 2.37. The van der Waals surface area contributed by atoms with Crippen LogP contribution in [0.5, 0.6) is 5.75 Å². The average molecular weight is 658 g/mol. The van der Waals surface area contributed by atoms with Crippen molar-refractivity contribution < 1.29 is 32.3 Å². The minimum Gasteiger partial charge on any atom is -0.495 e. The van der Waals surface area contributed by atoms with Crippen molar-refractivity contribution >= 4 is 37.9 Å². The van der Waals surface area contributed by atoms with Crippen LogP contribution in [0.3, 0.4) is 0 Å². The third-order valence-electron chi connectivity index (χ3n) is 7.14. The standard InChI is InChI=1S/C31H35F3N7O4P/c1-6-45-46-16-18-7-9-23(25(11-18)44-5)38-29-35-13-22(31(32,33)34)27(39-29)37-24-10-8-20(21-15-40(4)28(42)26(21)24)19-12-36-41(14-19)17-30(2,3)43/h7-14,43,46H,6,15-17H2,1-5H3,(H2,35,37,38,39). The molecule has 15 heteroatoms. The Kier molecular flexibility index (Phi) is 9.52. The van der Waals surface area contributed by atoms with E-state index in [0.29, 0.717) is 47.1 Å². The third-order valence-corrected chi connectivity index (χ3v) is 8.19. The Hall–Kier alpha value is -4.26. The largest absolute Gasteiger partial charge is 0.495 e. The number of anilines is 4. The van der Waals surface area contributed by atoms with E-state index in [9.17, 15) is 23.1 Å². The molecule has 0 bridgehead atoms. The lowest BCUT2D eigenvalue weighted by molar-refractivity contribution is -0.137. The van der Waals surface area contributed by atoms with Crippen molar-refractivity contribution in [1.29, 1.82) is 0 Å². The number of alkyl halides is 3. The van der Waals surface area contributed by atoms with Crippen LogP contribution in [0.1, 0.15) is 47.8 Å². The number of amides is 1. The van der Waals surface area contributed by atoms with Crippen LogP contribution >= 0.6 is 8.81 Å². The Morgan fingerprint density at radius 3 is 2.57 bits per heavy atom. The minimum atomic E-state index is -4.78. The second-order valence-corrected chi connectivity index (χ2v) is 12.3. The number of benzene rings is 2. The number of hydrogen-bond donors (Lipinski definition) is 3. The normalized spacial score (nSPS) is 13.5. The molecule has 5 rings (SSSR count). The van der Waals surface area contributed by atoms with E-state index in [1.54, 1.807) is 56.2 Å². The molecule has 244 valence electrons. The number of methoxy groups -OCH3 is 1. The van der Waals surface area contributed by atoms with Crippen LogP contribution in [0.4, 0.5) is 36.3 Å². The second kappa shape index (κ2) is 13.2. The van der Waals surface area contributed by atoms with Crippen LogP contribution in [0.15, 0.2) is 48.9 Å². The van der Waals surface area contributed by atoms with Crippen LogP contribution in [0.2, 0.25) is 0 Å². The number of nitrogens with one attached hydrogen (secondary N) is 2. The lowest BCUT2D eigenvalue weighted by atomic mass is 9.97. The van der Waals surface area contributed by atoms with Gasteiger partial charge in [0.25, 0.3) is 5.91 Å². The predicted molar refractivity (Wildman–Crippen MR) is 170 cm³/mol. The molecule has 2 aromatic heterocycles. The highest BCUT2D eigenvalue weighted by molar-refractivity contribution is 7.31. The number of nitrogens with zero attached hydrogens (tertiary/aromatic N) is 5. The Morgan fingerprint density at radius 2 is 1.87 bits per heavy atom. The van der Waals surface area contributed by atoms with E-state index in [1.165, 1.54) is 12.0 Å². The molecule has 4 aromatic rings. The van der Waals surface area contributed by atoms with E-state index in [0.717, 1.165) is 5.56 Å². The Morgan fingerprint density at radius 1 is 1.11 bits per heavy atom. The van der Waals surface area contributed by atoms with Gasteiger partial charge in [-0.2, -0.15) is 23.3 Å². The molecule has 46 heavy (non-hydrogen) atoms. The Labute approximate surface area is 266 Å². The highest BCUT2D eigenvalue weighted by Crippen LogP contribution is 2.41. The number of rotatable bonds is 12.